The van der Waals surface area contributed by atoms with Crippen molar-refractivity contribution in [3.8, 4) is 0 Å². The van der Waals surface area contributed by atoms with Crippen LogP contribution in [0, 0.1) is 6.92 Å². The molecular formula is C18H25N5O3. The van der Waals surface area contributed by atoms with Crippen molar-refractivity contribution >= 4 is 11.9 Å². The number of nitrogens with zero attached hydrogens (tertiary/aromatic N) is 4. The van der Waals surface area contributed by atoms with E-state index in [1.807, 2.05) is 26.0 Å². The highest BCUT2D eigenvalue weighted by molar-refractivity contribution is 5.95. The van der Waals surface area contributed by atoms with Gasteiger partial charge in [-0.1, -0.05) is 0 Å². The molecular weight excluding hydrogens is 334 g/mol. The predicted molar refractivity (Wildman–Crippen MR) is 98.4 cm³/mol. The third-order valence-corrected chi connectivity index (χ3v) is 4.78. The van der Waals surface area contributed by atoms with Crippen molar-refractivity contribution in [3.05, 3.63) is 45.8 Å². The van der Waals surface area contributed by atoms with E-state index in [4.69, 9.17) is 4.42 Å². The first-order valence-electron chi connectivity index (χ1n) is 8.66. The van der Waals surface area contributed by atoms with E-state index in [1.54, 1.807) is 24.2 Å². The van der Waals surface area contributed by atoms with Crippen LogP contribution in [0.15, 0.2) is 27.6 Å². The average molecular weight is 359 g/mol. The van der Waals surface area contributed by atoms with Gasteiger partial charge < -0.3 is 14.2 Å². The van der Waals surface area contributed by atoms with Gasteiger partial charge in [-0.25, -0.2) is 4.98 Å². The number of likely N-dealkylation sites (tertiary alicyclic amines) is 1. The van der Waals surface area contributed by atoms with E-state index in [9.17, 15) is 9.59 Å². The number of likely N-dealkylation sites (N-methyl/N-ethyl adjacent to an activating group) is 1. The molecule has 1 atom stereocenters. The van der Waals surface area contributed by atoms with Crippen LogP contribution in [0.4, 0.5) is 5.95 Å². The van der Waals surface area contributed by atoms with Crippen LogP contribution in [-0.2, 0) is 6.54 Å². The molecule has 0 aromatic carbocycles. The zero-order valence-electron chi connectivity index (χ0n) is 15.7. The Morgan fingerprint density at radius 2 is 2.19 bits per heavy atom. The van der Waals surface area contributed by atoms with Gasteiger partial charge >= 0.3 is 0 Å². The molecule has 0 aliphatic carbocycles. The molecule has 0 radical (unpaired) electrons. The van der Waals surface area contributed by atoms with Crippen LogP contribution in [-0.4, -0.2) is 65.9 Å². The van der Waals surface area contributed by atoms with Crippen molar-refractivity contribution in [3.63, 3.8) is 0 Å². The molecule has 140 valence electrons. The molecule has 0 spiro atoms. The second-order valence-electron chi connectivity index (χ2n) is 6.95. The summed E-state index contributed by atoms with van der Waals surface area (Å²) in [5, 5.41) is 0. The number of nitrogens with one attached hydrogen (secondary N) is 1. The van der Waals surface area contributed by atoms with Crippen molar-refractivity contribution in [2.24, 2.45) is 0 Å². The Bertz CT molecular complexity index is 841. The van der Waals surface area contributed by atoms with E-state index in [0.717, 1.165) is 12.1 Å². The second kappa shape index (κ2) is 7.33. The first-order valence-corrected chi connectivity index (χ1v) is 8.66. The van der Waals surface area contributed by atoms with Crippen LogP contribution >= 0.6 is 0 Å². The minimum atomic E-state index is -0.161. The lowest BCUT2D eigenvalue weighted by molar-refractivity contribution is 0.0777. The lowest BCUT2D eigenvalue weighted by atomic mass is 10.2. The Labute approximate surface area is 152 Å². The number of hydrogen-bond acceptors (Lipinski definition) is 6. The van der Waals surface area contributed by atoms with Gasteiger partial charge in [0.2, 0.25) is 5.95 Å². The maximum atomic E-state index is 12.6. The summed E-state index contributed by atoms with van der Waals surface area (Å²) < 4.78 is 5.24. The Kier molecular flexibility index (Phi) is 5.13. The number of hydrogen-bond donors (Lipinski definition) is 1. The monoisotopic (exact) mass is 359 g/mol. The number of aromatic nitrogens is 2. The molecule has 3 heterocycles. The molecule has 8 nitrogen and oxygen atoms in total. The number of carbonyl (C=O) groups is 1. The van der Waals surface area contributed by atoms with Gasteiger partial charge in [0.15, 0.2) is 0 Å². The van der Waals surface area contributed by atoms with Crippen molar-refractivity contribution in [2.45, 2.75) is 25.9 Å². The fourth-order valence-corrected chi connectivity index (χ4v) is 3.23. The van der Waals surface area contributed by atoms with E-state index >= 15 is 0 Å². The Morgan fingerprint density at radius 1 is 1.42 bits per heavy atom. The Morgan fingerprint density at radius 3 is 2.85 bits per heavy atom. The number of furan rings is 1. The van der Waals surface area contributed by atoms with Crippen LogP contribution in [0.1, 0.15) is 28.2 Å². The van der Waals surface area contributed by atoms with Crippen LogP contribution in [0.5, 0.6) is 0 Å². The maximum absolute atomic E-state index is 12.6. The number of H-pyrrole nitrogens is 1. The molecule has 1 fully saturated rings. The zero-order chi connectivity index (χ0) is 18.8. The maximum Gasteiger partial charge on any atom is 0.257 e. The Balaban J connectivity index is 1.65. The van der Waals surface area contributed by atoms with Crippen LogP contribution in [0.2, 0.25) is 0 Å². The largest absolute Gasteiger partial charge is 0.469 e. The van der Waals surface area contributed by atoms with Crippen molar-refractivity contribution in [1.29, 1.82) is 0 Å². The summed E-state index contributed by atoms with van der Waals surface area (Å²) in [7, 11) is 5.67. The van der Waals surface area contributed by atoms with Gasteiger partial charge in [-0.15, -0.1) is 0 Å². The van der Waals surface area contributed by atoms with Gasteiger partial charge in [-0.3, -0.25) is 19.5 Å². The quantitative estimate of drug-likeness (QED) is 0.860. The van der Waals surface area contributed by atoms with E-state index in [1.165, 1.54) is 6.07 Å². The number of anilines is 1. The second-order valence-corrected chi connectivity index (χ2v) is 6.95. The van der Waals surface area contributed by atoms with E-state index in [0.29, 0.717) is 36.9 Å². The van der Waals surface area contributed by atoms with Gasteiger partial charge in [0.05, 0.1) is 17.5 Å². The number of carbonyl (C=O) groups excluding carboxylic acids is 1. The first-order chi connectivity index (χ1) is 12.3. The van der Waals surface area contributed by atoms with Crippen molar-refractivity contribution < 1.29 is 9.21 Å². The molecule has 1 unspecified atom stereocenters. The molecule has 1 N–H and O–H groups in total. The van der Waals surface area contributed by atoms with Gasteiger partial charge in [-0.05, 0) is 26.5 Å². The molecule has 1 aliphatic rings. The summed E-state index contributed by atoms with van der Waals surface area (Å²) in [5.41, 5.74) is 1.18. The fourth-order valence-electron chi connectivity index (χ4n) is 3.23. The summed E-state index contributed by atoms with van der Waals surface area (Å²) in [6.07, 6.45) is 2.44. The van der Waals surface area contributed by atoms with Gasteiger partial charge in [-0.2, -0.15) is 0 Å². The summed E-state index contributed by atoms with van der Waals surface area (Å²) >= 11 is 0. The van der Waals surface area contributed by atoms with Crippen LogP contribution in [0.3, 0.4) is 0 Å². The zero-order valence-corrected chi connectivity index (χ0v) is 15.7. The molecule has 2 aromatic heterocycles. The van der Waals surface area contributed by atoms with Gasteiger partial charge in [0.25, 0.3) is 11.5 Å². The van der Waals surface area contributed by atoms with Gasteiger partial charge in [0, 0.05) is 45.8 Å². The third kappa shape index (κ3) is 3.80. The van der Waals surface area contributed by atoms with Crippen molar-refractivity contribution in [1.82, 2.24) is 19.8 Å². The average Bonchev–Trinajstić information content (AvgIpc) is 3.22. The molecule has 3 rings (SSSR count). The summed E-state index contributed by atoms with van der Waals surface area (Å²) in [6, 6.07) is 3.48. The van der Waals surface area contributed by atoms with E-state index in [-0.39, 0.29) is 17.5 Å². The molecule has 1 saturated heterocycles. The fraction of sp³-hybridized carbons (Fsp3) is 0.500. The lowest BCUT2D eigenvalue weighted by Gasteiger charge is -2.24. The number of amides is 1. The predicted octanol–water partition coefficient (Wildman–Crippen LogP) is 1.08. The summed E-state index contributed by atoms with van der Waals surface area (Å²) in [4.78, 5) is 37.4. The number of aryl methyl sites for hydroxylation is 1. The van der Waals surface area contributed by atoms with Crippen molar-refractivity contribution in [2.75, 3.05) is 39.1 Å². The molecule has 1 amide bonds. The minimum absolute atomic E-state index is 0.0105. The molecule has 2 aromatic rings. The Hall–Kier alpha value is -2.61. The van der Waals surface area contributed by atoms with E-state index in [2.05, 4.69) is 14.9 Å². The molecule has 26 heavy (non-hydrogen) atoms. The normalized spacial score (nSPS) is 17.1. The highest BCUT2D eigenvalue weighted by Crippen LogP contribution is 2.20. The lowest BCUT2D eigenvalue weighted by Crippen LogP contribution is -2.36. The smallest absolute Gasteiger partial charge is 0.257 e. The topological polar surface area (TPSA) is 85.7 Å². The number of rotatable bonds is 5. The molecule has 0 bridgehead atoms. The van der Waals surface area contributed by atoms with Crippen LogP contribution in [0.25, 0.3) is 0 Å². The SMILES string of the molecule is Cc1occc1C(=O)N1CCC(N(C)Cc2cc(=O)[nH]c(N(C)C)n2)C1. The standard InChI is InChI=1S/C18H25N5O3/c1-12-15(6-8-26-12)17(25)23-7-5-14(11-23)22(4)10-13-9-16(24)20-18(19-13)21(2)3/h6,8-9,14H,5,7,10-11H2,1-4H3,(H,19,20,24). The van der Waals surface area contributed by atoms with Gasteiger partial charge in [0.1, 0.15) is 5.76 Å². The summed E-state index contributed by atoms with van der Waals surface area (Å²) in [6.45, 7) is 3.73. The van der Waals surface area contributed by atoms with E-state index < -0.39 is 0 Å². The molecule has 8 heteroatoms. The first kappa shape index (κ1) is 18.2. The minimum Gasteiger partial charge on any atom is -0.469 e. The third-order valence-electron chi connectivity index (χ3n) is 4.78. The highest BCUT2D eigenvalue weighted by Gasteiger charge is 2.30. The molecule has 1 aliphatic heterocycles. The highest BCUT2D eigenvalue weighted by atomic mass is 16.3. The van der Waals surface area contributed by atoms with Crippen LogP contribution < -0.4 is 10.5 Å². The molecule has 0 saturated carbocycles. The summed E-state index contributed by atoms with van der Waals surface area (Å²) in [5.74, 6) is 1.20. The number of aromatic amines is 1.